The maximum absolute atomic E-state index is 12.6. The van der Waals surface area contributed by atoms with Crippen molar-refractivity contribution >= 4 is 5.78 Å². The average Bonchev–Trinajstić information content (AvgIpc) is 2.63. The van der Waals surface area contributed by atoms with E-state index in [1.54, 1.807) is 6.92 Å². The van der Waals surface area contributed by atoms with Crippen molar-refractivity contribution in [3.63, 3.8) is 0 Å². The van der Waals surface area contributed by atoms with Gasteiger partial charge in [-0.2, -0.15) is 13.2 Å². The van der Waals surface area contributed by atoms with Crippen molar-refractivity contribution < 1.29 is 18.0 Å². The number of aryl methyl sites for hydroxylation is 1. The van der Waals surface area contributed by atoms with Crippen molar-refractivity contribution in [3.8, 4) is 0 Å². The molecule has 1 aromatic rings. The molecule has 0 saturated carbocycles. The van der Waals surface area contributed by atoms with E-state index in [4.69, 9.17) is 5.73 Å². The number of hydrogen-bond acceptors (Lipinski definition) is 4. The van der Waals surface area contributed by atoms with E-state index in [1.807, 2.05) is 0 Å². The minimum Gasteiger partial charge on any atom is -0.311 e. The van der Waals surface area contributed by atoms with Crippen molar-refractivity contribution in [2.75, 3.05) is 0 Å². The van der Waals surface area contributed by atoms with Crippen LogP contribution < -0.4 is 5.73 Å². The van der Waals surface area contributed by atoms with Crippen molar-refractivity contribution in [2.45, 2.75) is 38.5 Å². The van der Waals surface area contributed by atoms with Gasteiger partial charge in [0.25, 0.3) is 0 Å². The third-order valence-electron chi connectivity index (χ3n) is 2.35. The quantitative estimate of drug-likeness (QED) is 0.813. The molecule has 0 bridgehead atoms. The van der Waals surface area contributed by atoms with Gasteiger partial charge in [0.2, 0.25) is 5.78 Å². The summed E-state index contributed by atoms with van der Waals surface area (Å²) in [6, 6.07) is 0. The number of carbonyl (C=O) groups excluding carboxylic acids is 1. The summed E-state index contributed by atoms with van der Waals surface area (Å²) in [5.41, 5.74) is 1.89. The minimum atomic E-state index is -4.81. The summed E-state index contributed by atoms with van der Waals surface area (Å²) in [7, 11) is 0. The highest BCUT2D eigenvalue weighted by Gasteiger charge is 2.54. The highest BCUT2D eigenvalue weighted by Crippen LogP contribution is 2.30. The first kappa shape index (κ1) is 13.6. The van der Waals surface area contributed by atoms with Gasteiger partial charge in [0.1, 0.15) is 5.69 Å². The molecular weight excluding hydrogens is 237 g/mol. The Hall–Kier alpha value is -1.44. The van der Waals surface area contributed by atoms with E-state index < -0.39 is 17.5 Å². The molecule has 0 aliphatic carbocycles. The van der Waals surface area contributed by atoms with Gasteiger partial charge in [-0.1, -0.05) is 12.1 Å². The smallest absolute Gasteiger partial charge is 0.311 e. The van der Waals surface area contributed by atoms with Crippen LogP contribution in [-0.4, -0.2) is 32.5 Å². The maximum atomic E-state index is 12.6. The molecule has 8 heteroatoms. The zero-order valence-electron chi connectivity index (χ0n) is 9.45. The number of ketones is 1. The Morgan fingerprint density at radius 3 is 2.59 bits per heavy atom. The van der Waals surface area contributed by atoms with Gasteiger partial charge in [-0.15, -0.1) is 5.10 Å². The maximum Gasteiger partial charge on any atom is 0.413 e. The first-order valence-corrected chi connectivity index (χ1v) is 5.00. The van der Waals surface area contributed by atoms with Gasteiger partial charge >= 0.3 is 6.18 Å². The Labute approximate surface area is 95.8 Å². The van der Waals surface area contributed by atoms with Crippen LogP contribution in [0.15, 0.2) is 6.20 Å². The van der Waals surface area contributed by atoms with Gasteiger partial charge in [-0.25, -0.2) is 4.68 Å². The highest BCUT2D eigenvalue weighted by atomic mass is 19.4. The normalized spacial score (nSPS) is 15.6. The largest absolute Gasteiger partial charge is 0.413 e. The zero-order valence-corrected chi connectivity index (χ0v) is 9.45. The molecule has 2 N–H and O–H groups in total. The number of aromatic nitrogens is 3. The molecule has 1 unspecified atom stereocenters. The molecule has 96 valence electrons. The molecule has 0 saturated heterocycles. The molecule has 1 aromatic heterocycles. The van der Waals surface area contributed by atoms with Gasteiger partial charge in [0.15, 0.2) is 5.54 Å². The monoisotopic (exact) mass is 250 g/mol. The number of halogens is 3. The van der Waals surface area contributed by atoms with Crippen molar-refractivity contribution in [1.29, 1.82) is 0 Å². The topological polar surface area (TPSA) is 73.8 Å². The Balaban J connectivity index is 3.08. The van der Waals surface area contributed by atoms with E-state index in [0.717, 1.165) is 10.9 Å². The molecule has 0 fully saturated rings. The first-order valence-electron chi connectivity index (χ1n) is 5.00. The fourth-order valence-electron chi connectivity index (χ4n) is 1.21. The standard InChI is InChI=1S/C9H13F3N4O/c1-3-4-16-6(5-14-15-16)7(17)8(2,13)9(10,11)12/h5H,3-4,13H2,1-2H3. The van der Waals surface area contributed by atoms with Crippen LogP contribution in [0, 0.1) is 0 Å². The van der Waals surface area contributed by atoms with Gasteiger partial charge in [0, 0.05) is 6.54 Å². The highest BCUT2D eigenvalue weighted by molar-refractivity contribution is 6.01. The molecular formula is C9H13F3N4O. The molecule has 0 radical (unpaired) electrons. The van der Waals surface area contributed by atoms with Crippen LogP contribution in [0.3, 0.4) is 0 Å². The second-order valence-corrected chi connectivity index (χ2v) is 3.87. The minimum absolute atomic E-state index is 0.228. The number of Topliss-reactive ketones (excluding diaryl/α,β-unsaturated/α-hetero) is 1. The molecule has 0 aliphatic heterocycles. The summed E-state index contributed by atoms with van der Waals surface area (Å²) < 4.78 is 38.9. The molecule has 1 atom stereocenters. The Kier molecular flexibility index (Phi) is 3.56. The van der Waals surface area contributed by atoms with Gasteiger partial charge in [-0.3, -0.25) is 4.79 Å². The number of rotatable bonds is 4. The van der Waals surface area contributed by atoms with E-state index in [1.165, 1.54) is 0 Å². The van der Waals surface area contributed by atoms with Crippen LogP contribution in [0.4, 0.5) is 13.2 Å². The Morgan fingerprint density at radius 2 is 2.12 bits per heavy atom. The summed E-state index contributed by atoms with van der Waals surface area (Å²) >= 11 is 0. The summed E-state index contributed by atoms with van der Waals surface area (Å²) in [6.45, 7) is 2.76. The van der Waals surface area contributed by atoms with Gasteiger partial charge in [-0.05, 0) is 13.3 Å². The SMILES string of the molecule is CCCn1nncc1C(=O)C(C)(N)C(F)(F)F. The number of nitrogens with zero attached hydrogens (tertiary/aromatic N) is 3. The lowest BCUT2D eigenvalue weighted by atomic mass is 9.95. The fourth-order valence-corrected chi connectivity index (χ4v) is 1.21. The van der Waals surface area contributed by atoms with Crippen molar-refractivity contribution in [3.05, 3.63) is 11.9 Å². The summed E-state index contributed by atoms with van der Waals surface area (Å²) in [5.74, 6) is -1.23. The number of carbonyl (C=O) groups is 1. The third kappa shape index (κ3) is 2.46. The Bertz CT molecular complexity index is 411. The van der Waals surface area contributed by atoms with Crippen LogP contribution in [0.25, 0.3) is 0 Å². The van der Waals surface area contributed by atoms with Crippen molar-refractivity contribution in [2.24, 2.45) is 5.73 Å². The molecule has 0 amide bonds. The molecule has 17 heavy (non-hydrogen) atoms. The summed E-state index contributed by atoms with van der Waals surface area (Å²) in [5, 5.41) is 6.97. The van der Waals surface area contributed by atoms with E-state index in [0.29, 0.717) is 19.9 Å². The third-order valence-corrected chi connectivity index (χ3v) is 2.35. The Morgan fingerprint density at radius 1 is 1.53 bits per heavy atom. The molecule has 0 aliphatic rings. The number of hydrogen-bond donors (Lipinski definition) is 1. The van der Waals surface area contributed by atoms with Crippen LogP contribution in [0.5, 0.6) is 0 Å². The van der Waals surface area contributed by atoms with E-state index in [2.05, 4.69) is 10.3 Å². The molecule has 1 rings (SSSR count). The molecule has 0 spiro atoms. The lowest BCUT2D eigenvalue weighted by Crippen LogP contribution is -2.57. The number of alkyl halides is 3. The number of nitrogens with two attached hydrogens (primary N) is 1. The summed E-state index contributed by atoms with van der Waals surface area (Å²) in [4.78, 5) is 11.7. The predicted molar refractivity (Wildman–Crippen MR) is 53.3 cm³/mol. The lowest BCUT2D eigenvalue weighted by Gasteiger charge is -2.25. The van der Waals surface area contributed by atoms with E-state index in [9.17, 15) is 18.0 Å². The molecule has 1 heterocycles. The predicted octanol–water partition coefficient (Wildman–Crippen LogP) is 1.15. The molecule has 0 aromatic carbocycles. The lowest BCUT2D eigenvalue weighted by molar-refractivity contribution is -0.166. The second-order valence-electron chi connectivity index (χ2n) is 3.87. The van der Waals surface area contributed by atoms with Crippen molar-refractivity contribution in [1.82, 2.24) is 15.0 Å². The average molecular weight is 250 g/mol. The van der Waals surface area contributed by atoms with Crippen LogP contribution in [-0.2, 0) is 6.54 Å². The summed E-state index contributed by atoms with van der Waals surface area (Å²) in [6.07, 6.45) is -3.20. The van der Waals surface area contributed by atoms with Gasteiger partial charge in [0.05, 0.1) is 6.20 Å². The first-order chi connectivity index (χ1) is 7.71. The fraction of sp³-hybridized carbons (Fsp3) is 0.667. The molecule has 5 nitrogen and oxygen atoms in total. The van der Waals surface area contributed by atoms with E-state index in [-0.39, 0.29) is 5.69 Å². The second kappa shape index (κ2) is 4.44. The van der Waals surface area contributed by atoms with E-state index >= 15 is 0 Å². The van der Waals surface area contributed by atoms with Crippen LogP contribution in [0.1, 0.15) is 30.8 Å². The zero-order chi connectivity index (χ0) is 13.3. The van der Waals surface area contributed by atoms with Gasteiger partial charge < -0.3 is 5.73 Å². The van der Waals surface area contributed by atoms with Crippen LogP contribution >= 0.6 is 0 Å². The van der Waals surface area contributed by atoms with Crippen LogP contribution in [0.2, 0.25) is 0 Å².